The Labute approximate surface area is 138 Å². The van der Waals surface area contributed by atoms with Crippen LogP contribution < -0.4 is 20.3 Å². The van der Waals surface area contributed by atoms with E-state index in [1.807, 2.05) is 0 Å². The van der Waals surface area contributed by atoms with E-state index < -0.39 is 11.8 Å². The molecular formula is C16H15ClN2O4. The summed E-state index contributed by atoms with van der Waals surface area (Å²) in [7, 11) is 2.90. The van der Waals surface area contributed by atoms with Crippen LogP contribution in [0.15, 0.2) is 42.5 Å². The van der Waals surface area contributed by atoms with Crippen LogP contribution >= 0.6 is 11.6 Å². The van der Waals surface area contributed by atoms with Gasteiger partial charge >= 0.3 is 0 Å². The molecule has 0 aromatic heterocycles. The van der Waals surface area contributed by atoms with Crippen LogP contribution in [0, 0.1) is 0 Å². The summed E-state index contributed by atoms with van der Waals surface area (Å²) >= 11 is 5.88. The number of rotatable bonds is 4. The van der Waals surface area contributed by atoms with Gasteiger partial charge in [0.05, 0.1) is 25.3 Å². The largest absolute Gasteiger partial charge is 0.496 e. The van der Waals surface area contributed by atoms with E-state index in [0.29, 0.717) is 22.1 Å². The normalized spacial score (nSPS) is 9.87. The van der Waals surface area contributed by atoms with Crippen molar-refractivity contribution >= 4 is 23.4 Å². The highest BCUT2D eigenvalue weighted by Gasteiger charge is 2.16. The van der Waals surface area contributed by atoms with E-state index in [4.69, 9.17) is 21.1 Å². The first-order valence-electron chi connectivity index (χ1n) is 6.64. The first-order chi connectivity index (χ1) is 11.1. The lowest BCUT2D eigenvalue weighted by molar-refractivity contribution is 0.0843. The molecule has 0 saturated carbocycles. The highest BCUT2D eigenvalue weighted by molar-refractivity contribution is 6.31. The summed E-state index contributed by atoms with van der Waals surface area (Å²) < 4.78 is 10.2. The summed E-state index contributed by atoms with van der Waals surface area (Å²) in [6.07, 6.45) is 0. The summed E-state index contributed by atoms with van der Waals surface area (Å²) in [4.78, 5) is 24.3. The fourth-order valence-corrected chi connectivity index (χ4v) is 2.11. The first-order valence-corrected chi connectivity index (χ1v) is 7.02. The average Bonchev–Trinajstić information content (AvgIpc) is 2.59. The molecule has 2 aromatic rings. The number of carbonyl (C=O) groups is 2. The SMILES string of the molecule is COc1ccccc1C(=O)NNC(=O)c1cc(Cl)ccc1OC. The van der Waals surface area contributed by atoms with Gasteiger partial charge in [-0.05, 0) is 30.3 Å². The van der Waals surface area contributed by atoms with Gasteiger partial charge in [-0.15, -0.1) is 0 Å². The summed E-state index contributed by atoms with van der Waals surface area (Å²) in [5, 5.41) is 0.381. The lowest BCUT2D eigenvalue weighted by atomic mass is 10.2. The lowest BCUT2D eigenvalue weighted by Gasteiger charge is -2.12. The van der Waals surface area contributed by atoms with Gasteiger partial charge in [-0.1, -0.05) is 23.7 Å². The standard InChI is InChI=1S/C16H15ClN2O4/c1-22-13-6-4-3-5-11(13)15(20)18-19-16(21)12-9-10(17)7-8-14(12)23-2/h3-9H,1-2H3,(H,18,20)(H,19,21). The predicted molar refractivity (Wildman–Crippen MR) is 85.9 cm³/mol. The molecule has 6 nitrogen and oxygen atoms in total. The summed E-state index contributed by atoms with van der Waals surface area (Å²) in [6.45, 7) is 0. The molecule has 0 unspecified atom stereocenters. The van der Waals surface area contributed by atoms with E-state index in [1.54, 1.807) is 36.4 Å². The molecule has 0 saturated heterocycles. The van der Waals surface area contributed by atoms with E-state index in [9.17, 15) is 9.59 Å². The van der Waals surface area contributed by atoms with Crippen LogP contribution in [0.25, 0.3) is 0 Å². The van der Waals surface area contributed by atoms with Crippen LogP contribution in [0.2, 0.25) is 5.02 Å². The third-order valence-corrected chi connectivity index (χ3v) is 3.28. The molecule has 23 heavy (non-hydrogen) atoms. The highest BCUT2D eigenvalue weighted by atomic mass is 35.5. The Balaban J connectivity index is 2.10. The minimum Gasteiger partial charge on any atom is -0.496 e. The minimum absolute atomic E-state index is 0.209. The number of methoxy groups -OCH3 is 2. The molecule has 120 valence electrons. The van der Waals surface area contributed by atoms with Crippen LogP contribution in [0.4, 0.5) is 0 Å². The number of nitrogens with one attached hydrogen (secondary N) is 2. The second-order valence-electron chi connectivity index (χ2n) is 4.45. The van der Waals surface area contributed by atoms with Crippen LogP contribution in [0.1, 0.15) is 20.7 Å². The number of hydrogen-bond donors (Lipinski definition) is 2. The molecule has 0 aliphatic heterocycles. The van der Waals surface area contributed by atoms with E-state index in [-0.39, 0.29) is 5.56 Å². The minimum atomic E-state index is -0.549. The van der Waals surface area contributed by atoms with Crippen molar-refractivity contribution in [2.45, 2.75) is 0 Å². The number of ether oxygens (including phenoxy) is 2. The number of para-hydroxylation sites is 1. The van der Waals surface area contributed by atoms with Gasteiger partial charge < -0.3 is 9.47 Å². The maximum atomic E-state index is 12.2. The van der Waals surface area contributed by atoms with Crippen molar-refractivity contribution in [1.82, 2.24) is 10.9 Å². The van der Waals surface area contributed by atoms with Gasteiger partial charge in [-0.2, -0.15) is 0 Å². The molecule has 2 amide bonds. The second kappa shape index (κ2) is 7.51. The van der Waals surface area contributed by atoms with Gasteiger partial charge in [0.2, 0.25) is 0 Å². The molecule has 0 aliphatic carbocycles. The van der Waals surface area contributed by atoms with E-state index in [0.717, 1.165) is 0 Å². The van der Waals surface area contributed by atoms with Crippen LogP contribution in [0.3, 0.4) is 0 Å². The molecule has 2 aromatic carbocycles. The van der Waals surface area contributed by atoms with Crippen molar-refractivity contribution < 1.29 is 19.1 Å². The smallest absolute Gasteiger partial charge is 0.273 e. The monoisotopic (exact) mass is 334 g/mol. The van der Waals surface area contributed by atoms with Crippen LogP contribution in [-0.4, -0.2) is 26.0 Å². The quantitative estimate of drug-likeness (QED) is 0.842. The molecule has 0 spiro atoms. The topological polar surface area (TPSA) is 76.7 Å². The fourth-order valence-electron chi connectivity index (χ4n) is 1.94. The molecule has 0 aliphatic rings. The maximum absolute atomic E-state index is 12.2. The lowest BCUT2D eigenvalue weighted by Crippen LogP contribution is -2.41. The first kappa shape index (κ1) is 16.6. The number of hydrazine groups is 1. The zero-order valence-electron chi connectivity index (χ0n) is 12.6. The second-order valence-corrected chi connectivity index (χ2v) is 4.89. The van der Waals surface area contributed by atoms with Crippen LogP contribution in [0.5, 0.6) is 11.5 Å². The Morgan fingerprint density at radius 1 is 0.870 bits per heavy atom. The van der Waals surface area contributed by atoms with E-state index >= 15 is 0 Å². The van der Waals surface area contributed by atoms with E-state index in [1.165, 1.54) is 20.3 Å². The third kappa shape index (κ3) is 3.92. The van der Waals surface area contributed by atoms with Crippen molar-refractivity contribution in [2.75, 3.05) is 14.2 Å². The van der Waals surface area contributed by atoms with Gasteiger partial charge in [-0.25, -0.2) is 0 Å². The Bertz CT molecular complexity index is 734. The fraction of sp³-hybridized carbons (Fsp3) is 0.125. The van der Waals surface area contributed by atoms with E-state index in [2.05, 4.69) is 10.9 Å². The van der Waals surface area contributed by atoms with Crippen molar-refractivity contribution in [3.05, 3.63) is 58.6 Å². The number of halogens is 1. The maximum Gasteiger partial charge on any atom is 0.273 e. The number of amides is 2. The number of carbonyl (C=O) groups excluding carboxylic acids is 2. The molecular weight excluding hydrogens is 320 g/mol. The summed E-state index contributed by atoms with van der Waals surface area (Å²) in [5.74, 6) is -0.303. The summed E-state index contributed by atoms with van der Waals surface area (Å²) in [5.41, 5.74) is 5.15. The highest BCUT2D eigenvalue weighted by Crippen LogP contribution is 2.22. The molecule has 7 heteroatoms. The van der Waals surface area contributed by atoms with Gasteiger partial charge in [0.1, 0.15) is 11.5 Å². The number of hydrogen-bond acceptors (Lipinski definition) is 4. The molecule has 2 N–H and O–H groups in total. The molecule has 0 atom stereocenters. The predicted octanol–water partition coefficient (Wildman–Crippen LogP) is 2.43. The Morgan fingerprint density at radius 2 is 1.43 bits per heavy atom. The number of benzene rings is 2. The average molecular weight is 335 g/mol. The Kier molecular flexibility index (Phi) is 5.43. The van der Waals surface area contributed by atoms with Crippen LogP contribution in [-0.2, 0) is 0 Å². The Hall–Kier alpha value is -2.73. The molecule has 0 bridgehead atoms. The molecule has 0 radical (unpaired) electrons. The van der Waals surface area contributed by atoms with Gasteiger partial charge in [0.15, 0.2) is 0 Å². The van der Waals surface area contributed by atoms with Crippen molar-refractivity contribution in [2.24, 2.45) is 0 Å². The zero-order valence-corrected chi connectivity index (χ0v) is 13.3. The molecule has 0 fully saturated rings. The van der Waals surface area contributed by atoms with Gasteiger partial charge in [0, 0.05) is 5.02 Å². The zero-order chi connectivity index (χ0) is 16.8. The summed E-state index contributed by atoms with van der Waals surface area (Å²) in [6, 6.07) is 11.3. The van der Waals surface area contributed by atoms with Crippen molar-refractivity contribution in [3.8, 4) is 11.5 Å². The van der Waals surface area contributed by atoms with Crippen molar-refractivity contribution in [3.63, 3.8) is 0 Å². The Morgan fingerprint density at radius 3 is 2.09 bits per heavy atom. The molecule has 0 heterocycles. The van der Waals surface area contributed by atoms with Crippen molar-refractivity contribution in [1.29, 1.82) is 0 Å². The van der Waals surface area contributed by atoms with Gasteiger partial charge in [-0.3, -0.25) is 20.4 Å². The third-order valence-electron chi connectivity index (χ3n) is 3.05. The van der Waals surface area contributed by atoms with Gasteiger partial charge in [0.25, 0.3) is 11.8 Å². The molecule has 2 rings (SSSR count).